The van der Waals surface area contributed by atoms with Gasteiger partial charge in [0.05, 0.1) is 29.8 Å². The highest BCUT2D eigenvalue weighted by Gasteiger charge is 2.09. The molecule has 0 saturated heterocycles. The average Bonchev–Trinajstić information content (AvgIpc) is 2.62. The van der Waals surface area contributed by atoms with Crippen LogP contribution in [0, 0.1) is 0 Å². The molecule has 0 aliphatic rings. The standard InChI is InChI=1S/C19H17ClN2O3/c1-3-25-19(23)12-4-6-13(7-5-12)22-16-8-9-21-17-11-15(20)18(24-2)10-14(16)17/h4-11H,3H2,1-2H3,(H,21,22). The molecule has 0 radical (unpaired) electrons. The number of aromatic nitrogens is 1. The number of carbonyl (C=O) groups excluding carboxylic acids is 1. The summed E-state index contributed by atoms with van der Waals surface area (Å²) in [6, 6.07) is 12.6. The van der Waals surface area contributed by atoms with Crippen molar-refractivity contribution < 1.29 is 14.3 Å². The first-order valence-corrected chi connectivity index (χ1v) is 8.16. The minimum absolute atomic E-state index is 0.331. The number of nitrogens with zero attached hydrogens (tertiary/aromatic N) is 1. The molecule has 0 saturated carbocycles. The molecule has 0 fully saturated rings. The molecule has 0 spiro atoms. The molecule has 128 valence electrons. The maximum atomic E-state index is 11.7. The van der Waals surface area contributed by atoms with Crippen LogP contribution in [-0.4, -0.2) is 24.7 Å². The van der Waals surface area contributed by atoms with Crippen molar-refractivity contribution in [2.45, 2.75) is 6.92 Å². The maximum absolute atomic E-state index is 11.7. The van der Waals surface area contributed by atoms with Gasteiger partial charge in [0.2, 0.25) is 0 Å². The van der Waals surface area contributed by atoms with Gasteiger partial charge in [0.15, 0.2) is 0 Å². The molecule has 3 rings (SSSR count). The summed E-state index contributed by atoms with van der Waals surface area (Å²) in [7, 11) is 1.57. The molecule has 0 atom stereocenters. The largest absolute Gasteiger partial charge is 0.495 e. The van der Waals surface area contributed by atoms with Crippen LogP contribution in [0.3, 0.4) is 0 Å². The first kappa shape index (κ1) is 17.0. The minimum atomic E-state index is -0.331. The van der Waals surface area contributed by atoms with Gasteiger partial charge in [0, 0.05) is 23.0 Å². The van der Waals surface area contributed by atoms with Crippen LogP contribution in [0.4, 0.5) is 11.4 Å². The summed E-state index contributed by atoms with van der Waals surface area (Å²) in [6.07, 6.45) is 1.71. The summed E-state index contributed by atoms with van der Waals surface area (Å²) >= 11 is 6.16. The summed E-state index contributed by atoms with van der Waals surface area (Å²) in [5.41, 5.74) is 2.98. The molecule has 1 aromatic heterocycles. The van der Waals surface area contributed by atoms with Crippen molar-refractivity contribution in [3.8, 4) is 5.75 Å². The molecule has 0 amide bonds. The van der Waals surface area contributed by atoms with E-state index in [0.717, 1.165) is 22.3 Å². The number of carbonyl (C=O) groups is 1. The summed E-state index contributed by atoms with van der Waals surface area (Å²) < 4.78 is 10.3. The third-order valence-corrected chi connectivity index (χ3v) is 3.99. The van der Waals surface area contributed by atoms with Gasteiger partial charge in [-0.15, -0.1) is 0 Å². The number of halogens is 1. The average molecular weight is 357 g/mol. The van der Waals surface area contributed by atoms with E-state index in [4.69, 9.17) is 21.1 Å². The fourth-order valence-electron chi connectivity index (χ4n) is 2.47. The Labute approximate surface area is 150 Å². The Kier molecular flexibility index (Phi) is 5.05. The van der Waals surface area contributed by atoms with Crippen molar-refractivity contribution >= 4 is 39.8 Å². The smallest absolute Gasteiger partial charge is 0.338 e. The molecular formula is C19H17ClN2O3. The number of esters is 1. The van der Waals surface area contributed by atoms with Crippen LogP contribution in [0.25, 0.3) is 10.9 Å². The molecule has 0 bridgehead atoms. The molecule has 0 unspecified atom stereocenters. The van der Waals surface area contributed by atoms with Crippen molar-refractivity contribution in [3.05, 3.63) is 59.2 Å². The molecular weight excluding hydrogens is 340 g/mol. The Morgan fingerprint density at radius 1 is 1.20 bits per heavy atom. The third-order valence-electron chi connectivity index (χ3n) is 3.69. The predicted octanol–water partition coefficient (Wildman–Crippen LogP) is 4.82. The van der Waals surface area contributed by atoms with Crippen LogP contribution >= 0.6 is 11.6 Å². The van der Waals surface area contributed by atoms with Gasteiger partial charge >= 0.3 is 5.97 Å². The lowest BCUT2D eigenvalue weighted by atomic mass is 10.1. The van der Waals surface area contributed by atoms with Crippen LogP contribution in [0.2, 0.25) is 5.02 Å². The van der Waals surface area contributed by atoms with Gasteiger partial charge in [0.25, 0.3) is 0 Å². The zero-order valence-electron chi connectivity index (χ0n) is 13.9. The second-order valence-corrected chi connectivity index (χ2v) is 5.69. The lowest BCUT2D eigenvalue weighted by molar-refractivity contribution is 0.0526. The Hall–Kier alpha value is -2.79. The maximum Gasteiger partial charge on any atom is 0.338 e. The van der Waals surface area contributed by atoms with Crippen LogP contribution in [0.5, 0.6) is 5.75 Å². The highest BCUT2D eigenvalue weighted by atomic mass is 35.5. The SMILES string of the molecule is CCOC(=O)c1ccc(Nc2ccnc3cc(Cl)c(OC)cc23)cc1. The fourth-order valence-corrected chi connectivity index (χ4v) is 2.71. The van der Waals surface area contributed by atoms with Crippen LogP contribution in [0.1, 0.15) is 17.3 Å². The molecule has 1 heterocycles. The molecule has 0 aliphatic heterocycles. The fraction of sp³-hybridized carbons (Fsp3) is 0.158. The van der Waals surface area contributed by atoms with Gasteiger partial charge in [-0.05, 0) is 49.4 Å². The van der Waals surface area contributed by atoms with Gasteiger partial charge in [-0.25, -0.2) is 4.79 Å². The van der Waals surface area contributed by atoms with Crippen molar-refractivity contribution in [1.82, 2.24) is 4.98 Å². The van der Waals surface area contributed by atoms with E-state index in [-0.39, 0.29) is 5.97 Å². The number of pyridine rings is 1. The van der Waals surface area contributed by atoms with E-state index in [1.165, 1.54) is 0 Å². The highest BCUT2D eigenvalue weighted by molar-refractivity contribution is 6.33. The lowest BCUT2D eigenvalue weighted by Gasteiger charge is -2.12. The first-order valence-electron chi connectivity index (χ1n) is 7.79. The molecule has 6 heteroatoms. The van der Waals surface area contributed by atoms with E-state index >= 15 is 0 Å². The summed E-state index contributed by atoms with van der Waals surface area (Å²) in [4.78, 5) is 16.1. The number of ether oxygens (including phenoxy) is 2. The zero-order chi connectivity index (χ0) is 17.8. The van der Waals surface area contributed by atoms with E-state index in [1.54, 1.807) is 38.4 Å². The Morgan fingerprint density at radius 2 is 1.96 bits per heavy atom. The number of rotatable bonds is 5. The lowest BCUT2D eigenvalue weighted by Crippen LogP contribution is -2.04. The summed E-state index contributed by atoms with van der Waals surface area (Å²) in [6.45, 7) is 2.13. The van der Waals surface area contributed by atoms with Crippen molar-refractivity contribution in [2.24, 2.45) is 0 Å². The van der Waals surface area contributed by atoms with Gasteiger partial charge in [-0.3, -0.25) is 4.98 Å². The van der Waals surface area contributed by atoms with E-state index in [2.05, 4.69) is 10.3 Å². The van der Waals surface area contributed by atoms with Crippen LogP contribution < -0.4 is 10.1 Å². The Bertz CT molecular complexity index is 910. The quantitative estimate of drug-likeness (QED) is 0.664. The third kappa shape index (κ3) is 3.67. The van der Waals surface area contributed by atoms with E-state index < -0.39 is 0 Å². The van der Waals surface area contributed by atoms with Crippen molar-refractivity contribution in [2.75, 3.05) is 19.0 Å². The number of benzene rings is 2. The second-order valence-electron chi connectivity index (χ2n) is 5.29. The van der Waals surface area contributed by atoms with Gasteiger partial charge in [-0.1, -0.05) is 11.6 Å². The van der Waals surface area contributed by atoms with Gasteiger partial charge in [0.1, 0.15) is 5.75 Å². The van der Waals surface area contributed by atoms with Crippen LogP contribution in [-0.2, 0) is 4.74 Å². The second kappa shape index (κ2) is 7.40. The number of hydrogen-bond acceptors (Lipinski definition) is 5. The summed E-state index contributed by atoms with van der Waals surface area (Å²) in [5, 5.41) is 4.72. The Balaban J connectivity index is 1.91. The molecule has 0 aliphatic carbocycles. The monoisotopic (exact) mass is 356 g/mol. The molecule has 3 aromatic rings. The predicted molar refractivity (Wildman–Crippen MR) is 99.0 cm³/mol. The normalized spacial score (nSPS) is 10.5. The number of hydrogen-bond donors (Lipinski definition) is 1. The molecule has 25 heavy (non-hydrogen) atoms. The van der Waals surface area contributed by atoms with E-state index in [9.17, 15) is 4.79 Å². The minimum Gasteiger partial charge on any atom is -0.495 e. The topological polar surface area (TPSA) is 60.5 Å². The van der Waals surface area contributed by atoms with Crippen molar-refractivity contribution in [1.29, 1.82) is 0 Å². The number of fused-ring (bicyclic) bond motifs is 1. The number of nitrogens with one attached hydrogen (secondary N) is 1. The molecule has 2 aromatic carbocycles. The Morgan fingerprint density at radius 3 is 2.64 bits per heavy atom. The van der Waals surface area contributed by atoms with Crippen LogP contribution in [0.15, 0.2) is 48.7 Å². The molecule has 1 N–H and O–H groups in total. The molecule has 5 nitrogen and oxygen atoms in total. The summed E-state index contributed by atoms with van der Waals surface area (Å²) in [5.74, 6) is 0.255. The number of anilines is 2. The zero-order valence-corrected chi connectivity index (χ0v) is 14.6. The number of methoxy groups -OCH3 is 1. The van der Waals surface area contributed by atoms with Gasteiger partial charge < -0.3 is 14.8 Å². The van der Waals surface area contributed by atoms with Crippen molar-refractivity contribution in [3.63, 3.8) is 0 Å². The van der Waals surface area contributed by atoms with Gasteiger partial charge in [-0.2, -0.15) is 0 Å². The van der Waals surface area contributed by atoms with E-state index in [1.807, 2.05) is 24.3 Å². The first-order chi connectivity index (χ1) is 12.1. The van der Waals surface area contributed by atoms with E-state index in [0.29, 0.717) is 22.9 Å². The highest BCUT2D eigenvalue weighted by Crippen LogP contribution is 2.33.